The molecule has 3 aromatic rings. The van der Waals surface area contributed by atoms with E-state index in [1.165, 1.54) is 24.3 Å². The zero-order chi connectivity index (χ0) is 25.8. The molecule has 0 saturated heterocycles. The Morgan fingerprint density at radius 2 is 1.57 bits per heavy atom. The molecular formula is C24H26FNO7S2. The van der Waals surface area contributed by atoms with E-state index >= 15 is 0 Å². The molecule has 0 bridgehead atoms. The summed E-state index contributed by atoms with van der Waals surface area (Å²) in [6.45, 7) is 1.74. The molecule has 0 saturated carbocycles. The molecule has 2 aromatic carbocycles. The number of esters is 1. The number of carbonyl (C=O) groups is 1. The van der Waals surface area contributed by atoms with Gasteiger partial charge in [0.1, 0.15) is 5.82 Å². The minimum absolute atomic E-state index is 0.00584. The molecule has 1 heterocycles. The standard InChI is InChI=1S/C24H26FNO7S2/c1-17-19(16-24(27)32-13-4-14-33-35(3,30)31)15-23(26(17)21-9-7-20(25)8-10-21)18-5-11-22(12-6-18)34(2,28)29/h5-12,15H,4,13-14,16H2,1-3H3. The van der Waals surface area contributed by atoms with Gasteiger partial charge in [0.15, 0.2) is 9.84 Å². The van der Waals surface area contributed by atoms with Gasteiger partial charge in [0.05, 0.1) is 36.5 Å². The van der Waals surface area contributed by atoms with Crippen molar-refractivity contribution in [3.63, 3.8) is 0 Å². The van der Waals surface area contributed by atoms with Crippen LogP contribution in [0.15, 0.2) is 59.5 Å². The van der Waals surface area contributed by atoms with E-state index in [-0.39, 0.29) is 36.8 Å². The smallest absolute Gasteiger partial charge is 0.310 e. The fourth-order valence-corrected chi connectivity index (χ4v) is 4.56. The van der Waals surface area contributed by atoms with Gasteiger partial charge in [-0.05, 0) is 60.5 Å². The third-order valence-corrected chi connectivity index (χ3v) is 6.92. The zero-order valence-electron chi connectivity index (χ0n) is 19.5. The number of hydrogen-bond acceptors (Lipinski definition) is 7. The highest BCUT2D eigenvalue weighted by molar-refractivity contribution is 7.90. The van der Waals surface area contributed by atoms with Crippen LogP contribution < -0.4 is 0 Å². The Hall–Kier alpha value is -3.02. The van der Waals surface area contributed by atoms with E-state index in [0.717, 1.165) is 18.2 Å². The summed E-state index contributed by atoms with van der Waals surface area (Å²) in [5.74, 6) is -0.885. The lowest BCUT2D eigenvalue weighted by Gasteiger charge is -2.13. The number of sulfone groups is 1. The summed E-state index contributed by atoms with van der Waals surface area (Å²) in [4.78, 5) is 12.6. The monoisotopic (exact) mass is 523 g/mol. The molecule has 11 heteroatoms. The first kappa shape index (κ1) is 26.6. The van der Waals surface area contributed by atoms with Gasteiger partial charge in [-0.15, -0.1) is 0 Å². The lowest BCUT2D eigenvalue weighted by molar-refractivity contribution is -0.143. The maximum atomic E-state index is 13.5. The molecule has 35 heavy (non-hydrogen) atoms. The highest BCUT2D eigenvalue weighted by Gasteiger charge is 2.18. The van der Waals surface area contributed by atoms with E-state index in [9.17, 15) is 26.0 Å². The molecule has 0 aliphatic carbocycles. The molecule has 0 amide bonds. The minimum atomic E-state index is -3.55. The van der Waals surface area contributed by atoms with Crippen LogP contribution in [0.3, 0.4) is 0 Å². The average molecular weight is 524 g/mol. The largest absolute Gasteiger partial charge is 0.465 e. The predicted octanol–water partition coefficient (Wildman–Crippen LogP) is 3.45. The molecule has 1 aromatic heterocycles. The third kappa shape index (κ3) is 7.23. The van der Waals surface area contributed by atoms with E-state index in [1.807, 2.05) is 17.6 Å². The fraction of sp³-hybridized carbons (Fsp3) is 0.292. The van der Waals surface area contributed by atoms with Crippen molar-refractivity contribution in [1.29, 1.82) is 0 Å². The van der Waals surface area contributed by atoms with E-state index < -0.39 is 25.9 Å². The van der Waals surface area contributed by atoms with Crippen molar-refractivity contribution in [2.75, 3.05) is 25.7 Å². The van der Waals surface area contributed by atoms with Gasteiger partial charge in [-0.2, -0.15) is 8.42 Å². The van der Waals surface area contributed by atoms with E-state index in [2.05, 4.69) is 4.18 Å². The lowest BCUT2D eigenvalue weighted by atomic mass is 10.1. The minimum Gasteiger partial charge on any atom is -0.465 e. The maximum Gasteiger partial charge on any atom is 0.310 e. The number of aromatic nitrogens is 1. The summed E-state index contributed by atoms with van der Waals surface area (Å²) >= 11 is 0. The quantitative estimate of drug-likeness (QED) is 0.227. The van der Waals surface area contributed by atoms with Crippen molar-refractivity contribution in [2.45, 2.75) is 24.7 Å². The van der Waals surface area contributed by atoms with Crippen LogP contribution in [-0.4, -0.2) is 53.1 Å². The second-order valence-electron chi connectivity index (χ2n) is 8.03. The number of halogens is 1. The Morgan fingerprint density at radius 3 is 2.14 bits per heavy atom. The first-order valence-corrected chi connectivity index (χ1v) is 14.3. The lowest BCUT2D eigenvalue weighted by Crippen LogP contribution is -2.12. The van der Waals surface area contributed by atoms with Crippen LogP contribution in [0.2, 0.25) is 0 Å². The van der Waals surface area contributed by atoms with Crippen molar-refractivity contribution in [1.82, 2.24) is 4.57 Å². The summed E-state index contributed by atoms with van der Waals surface area (Å²) in [7, 11) is -6.91. The molecule has 0 aliphatic rings. The Bertz CT molecular complexity index is 1410. The molecule has 0 aliphatic heterocycles. The van der Waals surface area contributed by atoms with Gasteiger partial charge in [-0.3, -0.25) is 8.98 Å². The average Bonchev–Trinajstić information content (AvgIpc) is 3.08. The molecule has 188 valence electrons. The maximum absolute atomic E-state index is 13.5. The molecule has 0 unspecified atom stereocenters. The summed E-state index contributed by atoms with van der Waals surface area (Å²) in [5.41, 5.74) is 3.48. The Labute approximate surface area is 204 Å². The second kappa shape index (κ2) is 10.7. The number of benzene rings is 2. The highest BCUT2D eigenvalue weighted by atomic mass is 32.2. The van der Waals surface area contributed by atoms with E-state index in [0.29, 0.717) is 22.5 Å². The van der Waals surface area contributed by atoms with Crippen LogP contribution in [0.4, 0.5) is 4.39 Å². The number of ether oxygens (including phenoxy) is 1. The second-order valence-corrected chi connectivity index (χ2v) is 11.7. The third-order valence-electron chi connectivity index (χ3n) is 5.20. The molecule has 0 N–H and O–H groups in total. The Balaban J connectivity index is 1.87. The fourth-order valence-electron chi connectivity index (χ4n) is 3.51. The van der Waals surface area contributed by atoms with Crippen molar-refractivity contribution in [3.05, 3.63) is 71.7 Å². The van der Waals surface area contributed by atoms with Gasteiger partial charge < -0.3 is 9.30 Å². The SMILES string of the molecule is Cc1c(CC(=O)OCCCOS(C)(=O)=O)cc(-c2ccc(S(C)(=O)=O)cc2)n1-c1ccc(F)cc1. The number of rotatable bonds is 10. The summed E-state index contributed by atoms with van der Waals surface area (Å²) < 4.78 is 70.8. The van der Waals surface area contributed by atoms with Crippen molar-refractivity contribution >= 4 is 25.9 Å². The normalized spacial score (nSPS) is 12.0. The Morgan fingerprint density at radius 1 is 0.943 bits per heavy atom. The molecule has 8 nitrogen and oxygen atoms in total. The van der Waals surface area contributed by atoms with E-state index in [4.69, 9.17) is 4.74 Å². The predicted molar refractivity (Wildman–Crippen MR) is 129 cm³/mol. The summed E-state index contributed by atoms with van der Waals surface area (Å²) in [6.07, 6.45) is 2.26. The first-order valence-electron chi connectivity index (χ1n) is 10.6. The zero-order valence-corrected chi connectivity index (χ0v) is 21.2. The summed E-state index contributed by atoms with van der Waals surface area (Å²) in [5, 5.41) is 0. The van der Waals surface area contributed by atoms with Gasteiger partial charge in [-0.1, -0.05) is 12.1 Å². The van der Waals surface area contributed by atoms with Crippen LogP contribution >= 0.6 is 0 Å². The molecule has 0 fully saturated rings. The van der Waals surface area contributed by atoms with Crippen LogP contribution in [-0.2, 0) is 40.1 Å². The topological polar surface area (TPSA) is 109 Å². The van der Waals surface area contributed by atoms with Crippen LogP contribution in [0, 0.1) is 12.7 Å². The van der Waals surface area contributed by atoms with Crippen LogP contribution in [0.5, 0.6) is 0 Å². The van der Waals surface area contributed by atoms with Gasteiger partial charge in [0, 0.05) is 24.1 Å². The molecular weight excluding hydrogens is 497 g/mol. The highest BCUT2D eigenvalue weighted by Crippen LogP contribution is 2.31. The molecule has 0 atom stereocenters. The van der Waals surface area contributed by atoms with Gasteiger partial charge in [-0.25, -0.2) is 12.8 Å². The molecule has 0 radical (unpaired) electrons. The summed E-state index contributed by atoms with van der Waals surface area (Å²) in [6, 6.07) is 14.1. The number of nitrogens with zero attached hydrogens (tertiary/aromatic N) is 1. The van der Waals surface area contributed by atoms with Crippen LogP contribution in [0.25, 0.3) is 16.9 Å². The van der Waals surface area contributed by atoms with E-state index in [1.54, 1.807) is 24.3 Å². The van der Waals surface area contributed by atoms with Crippen molar-refractivity contribution < 1.29 is 34.9 Å². The van der Waals surface area contributed by atoms with Crippen LogP contribution in [0.1, 0.15) is 17.7 Å². The molecule has 0 spiro atoms. The molecule has 3 rings (SSSR count). The van der Waals surface area contributed by atoms with Crippen molar-refractivity contribution in [3.8, 4) is 16.9 Å². The van der Waals surface area contributed by atoms with Gasteiger partial charge >= 0.3 is 5.97 Å². The van der Waals surface area contributed by atoms with Gasteiger partial charge in [0.25, 0.3) is 10.1 Å². The van der Waals surface area contributed by atoms with Crippen molar-refractivity contribution in [2.24, 2.45) is 0 Å². The number of carbonyl (C=O) groups excluding carboxylic acids is 1. The number of hydrogen-bond donors (Lipinski definition) is 0. The van der Waals surface area contributed by atoms with Gasteiger partial charge in [0.2, 0.25) is 0 Å². The first-order chi connectivity index (χ1) is 16.3. The Kier molecular flexibility index (Phi) is 8.14.